The summed E-state index contributed by atoms with van der Waals surface area (Å²) in [5.41, 5.74) is 5.67. The van der Waals surface area contributed by atoms with Gasteiger partial charge in [0.15, 0.2) is 0 Å². The summed E-state index contributed by atoms with van der Waals surface area (Å²) in [5.74, 6) is 0. The van der Waals surface area contributed by atoms with Gasteiger partial charge >= 0.3 is 0 Å². The van der Waals surface area contributed by atoms with E-state index in [4.69, 9.17) is 0 Å². The zero-order valence-electron chi connectivity index (χ0n) is 15.0. The quantitative estimate of drug-likeness (QED) is 0.358. The second-order valence-electron chi connectivity index (χ2n) is 5.81. The lowest BCUT2D eigenvalue weighted by molar-refractivity contribution is 0.788. The van der Waals surface area contributed by atoms with Crippen LogP contribution >= 0.6 is 0 Å². The van der Waals surface area contributed by atoms with Crippen LogP contribution < -0.4 is 0 Å². The highest BCUT2D eigenvalue weighted by atomic mass is 14.3. The van der Waals surface area contributed by atoms with E-state index in [1.807, 2.05) is 42.5 Å². The molecule has 0 heterocycles. The summed E-state index contributed by atoms with van der Waals surface area (Å²) in [6.45, 7) is 11.6. The molecule has 0 aliphatic rings. The number of benzene rings is 2. The molecule has 0 aromatic heterocycles. The molecule has 2 rings (SSSR count). The van der Waals surface area contributed by atoms with Gasteiger partial charge in [-0.1, -0.05) is 129 Å². The molecule has 0 spiro atoms. The average Bonchev–Trinajstić information content (AvgIpc) is 2.71. The van der Waals surface area contributed by atoms with E-state index < -0.39 is 5.41 Å². The van der Waals surface area contributed by atoms with Crippen molar-refractivity contribution in [2.45, 2.75) is 0 Å². The van der Waals surface area contributed by atoms with Crippen molar-refractivity contribution in [3.8, 4) is 0 Å². The van der Waals surface area contributed by atoms with Crippen LogP contribution in [0.5, 0.6) is 0 Å². The molecular formula is C26H24. The van der Waals surface area contributed by atoms with E-state index >= 15 is 0 Å². The van der Waals surface area contributed by atoms with Crippen LogP contribution in [0.15, 0.2) is 128 Å². The third-order valence-corrected chi connectivity index (χ3v) is 4.07. The number of hydrogen-bond donors (Lipinski definition) is 0. The fourth-order valence-corrected chi connectivity index (χ4v) is 2.66. The van der Waals surface area contributed by atoms with Crippen LogP contribution in [0.1, 0.15) is 11.1 Å². The molecule has 0 amide bonds. The predicted octanol–water partition coefficient (Wildman–Crippen LogP) is 7.04. The van der Waals surface area contributed by atoms with Gasteiger partial charge in [0.05, 0.1) is 5.41 Å². The fraction of sp³-hybridized carbons (Fsp3) is 0.0385. The first-order chi connectivity index (χ1) is 12.7. The molecule has 0 bridgehead atoms. The molecule has 0 aliphatic carbocycles. The Morgan fingerprint density at radius 1 is 0.769 bits per heavy atom. The van der Waals surface area contributed by atoms with E-state index in [0.29, 0.717) is 0 Å². The molecule has 0 aliphatic heterocycles. The molecule has 0 nitrogen and oxygen atoms in total. The van der Waals surface area contributed by atoms with E-state index in [2.05, 4.69) is 80.1 Å². The molecule has 2 aromatic carbocycles. The largest absolute Gasteiger partial charge is 0.124 e. The summed E-state index contributed by atoms with van der Waals surface area (Å²) in [5, 5.41) is 0. The van der Waals surface area contributed by atoms with E-state index in [1.54, 1.807) is 12.2 Å². The first-order valence-corrected chi connectivity index (χ1v) is 8.56. The average molecular weight is 336 g/mol. The zero-order chi connectivity index (χ0) is 18.7. The van der Waals surface area contributed by atoms with Crippen molar-refractivity contribution in [2.75, 3.05) is 0 Å². The minimum Gasteiger partial charge on any atom is -0.124 e. The summed E-state index contributed by atoms with van der Waals surface area (Å²) in [6.07, 6.45) is 16.1. The summed E-state index contributed by atoms with van der Waals surface area (Å²) in [4.78, 5) is 0. The third kappa shape index (κ3) is 5.08. The summed E-state index contributed by atoms with van der Waals surface area (Å²) < 4.78 is 0. The highest BCUT2D eigenvalue weighted by molar-refractivity contribution is 5.60. The molecule has 26 heavy (non-hydrogen) atoms. The Morgan fingerprint density at radius 3 is 1.65 bits per heavy atom. The van der Waals surface area contributed by atoms with Crippen molar-refractivity contribution in [3.63, 3.8) is 0 Å². The van der Waals surface area contributed by atoms with Gasteiger partial charge in [0.1, 0.15) is 0 Å². The Balaban J connectivity index is 2.56. The smallest absolute Gasteiger partial charge is 0.0575 e. The van der Waals surface area contributed by atoms with E-state index in [-0.39, 0.29) is 0 Å². The van der Waals surface area contributed by atoms with Crippen LogP contribution in [0.25, 0.3) is 12.2 Å². The van der Waals surface area contributed by atoms with Crippen molar-refractivity contribution >= 4 is 12.2 Å². The molecule has 0 radical (unpaired) electrons. The molecule has 0 saturated carbocycles. The van der Waals surface area contributed by atoms with Gasteiger partial charge < -0.3 is 0 Å². The SMILES string of the molecule is C=C=C(C=C)C(C=CC=C)(C=Cc1ccccc1)C=Cc1ccccc1. The Kier molecular flexibility index (Phi) is 7.18. The molecule has 128 valence electrons. The molecule has 0 fully saturated rings. The second-order valence-corrected chi connectivity index (χ2v) is 5.81. The lowest BCUT2D eigenvalue weighted by Gasteiger charge is -2.24. The maximum atomic E-state index is 3.95. The lowest BCUT2D eigenvalue weighted by atomic mass is 9.78. The molecular weight excluding hydrogens is 312 g/mol. The Hall–Kier alpha value is -3.34. The number of hydrogen-bond acceptors (Lipinski definition) is 0. The summed E-state index contributed by atoms with van der Waals surface area (Å²) >= 11 is 0. The molecule has 0 N–H and O–H groups in total. The van der Waals surface area contributed by atoms with Crippen LogP contribution in [-0.4, -0.2) is 0 Å². The van der Waals surface area contributed by atoms with Crippen LogP contribution in [0, 0.1) is 5.41 Å². The monoisotopic (exact) mass is 336 g/mol. The Morgan fingerprint density at radius 2 is 1.27 bits per heavy atom. The van der Waals surface area contributed by atoms with Gasteiger partial charge in [-0.25, -0.2) is 0 Å². The van der Waals surface area contributed by atoms with Crippen molar-refractivity contribution in [2.24, 2.45) is 5.41 Å². The van der Waals surface area contributed by atoms with Crippen LogP contribution in [0.4, 0.5) is 0 Å². The molecule has 0 saturated heterocycles. The van der Waals surface area contributed by atoms with Crippen molar-refractivity contribution in [1.29, 1.82) is 0 Å². The Bertz CT molecular complexity index is 805. The van der Waals surface area contributed by atoms with Gasteiger partial charge in [-0.05, 0) is 11.1 Å². The summed E-state index contributed by atoms with van der Waals surface area (Å²) in [6, 6.07) is 20.4. The van der Waals surface area contributed by atoms with Crippen LogP contribution in [0.3, 0.4) is 0 Å². The Labute approximate surface area is 157 Å². The van der Waals surface area contributed by atoms with Gasteiger partial charge in [0.2, 0.25) is 0 Å². The van der Waals surface area contributed by atoms with E-state index in [9.17, 15) is 0 Å². The topological polar surface area (TPSA) is 0 Å². The number of allylic oxidation sites excluding steroid dienone is 7. The van der Waals surface area contributed by atoms with Crippen molar-refractivity contribution < 1.29 is 0 Å². The fourth-order valence-electron chi connectivity index (χ4n) is 2.66. The summed E-state index contributed by atoms with van der Waals surface area (Å²) in [7, 11) is 0. The minimum absolute atomic E-state index is 0.511. The minimum atomic E-state index is -0.511. The van der Waals surface area contributed by atoms with Crippen LogP contribution in [-0.2, 0) is 0 Å². The van der Waals surface area contributed by atoms with E-state index in [0.717, 1.165) is 16.7 Å². The van der Waals surface area contributed by atoms with Gasteiger partial charge in [0, 0.05) is 5.57 Å². The van der Waals surface area contributed by atoms with Gasteiger partial charge in [-0.2, -0.15) is 0 Å². The van der Waals surface area contributed by atoms with Crippen LogP contribution in [0.2, 0.25) is 0 Å². The van der Waals surface area contributed by atoms with Gasteiger partial charge in [-0.15, -0.1) is 5.73 Å². The zero-order valence-corrected chi connectivity index (χ0v) is 15.0. The molecule has 0 atom stereocenters. The standard InChI is InChI=1S/C26H24/c1-4-7-20-26(25(5-2)6-3,21-18-23-14-10-8-11-15-23)22-19-24-16-12-9-13-17-24/h4-5,7-22H,1-3H2. The molecule has 2 aromatic rings. The van der Waals surface area contributed by atoms with Crippen molar-refractivity contribution in [1.82, 2.24) is 0 Å². The van der Waals surface area contributed by atoms with Gasteiger partial charge in [0.25, 0.3) is 0 Å². The van der Waals surface area contributed by atoms with E-state index in [1.165, 1.54) is 0 Å². The van der Waals surface area contributed by atoms with Crippen molar-refractivity contribution in [3.05, 3.63) is 139 Å². The second kappa shape index (κ2) is 9.84. The molecule has 0 unspecified atom stereocenters. The highest BCUT2D eigenvalue weighted by Gasteiger charge is 2.23. The maximum Gasteiger partial charge on any atom is 0.0575 e. The highest BCUT2D eigenvalue weighted by Crippen LogP contribution is 2.35. The first-order valence-electron chi connectivity index (χ1n) is 8.56. The lowest BCUT2D eigenvalue weighted by Crippen LogP contribution is -2.13. The normalized spacial score (nSPS) is 13.5. The first kappa shape index (κ1) is 19.0. The maximum absolute atomic E-state index is 3.95. The van der Waals surface area contributed by atoms with Gasteiger partial charge in [-0.3, -0.25) is 0 Å². The third-order valence-electron chi connectivity index (χ3n) is 4.07. The molecule has 0 heteroatoms. The predicted molar refractivity (Wildman–Crippen MR) is 116 cm³/mol. The number of rotatable bonds is 8.